The molecule has 3 heterocycles. The molecule has 0 atom stereocenters. The van der Waals surface area contributed by atoms with E-state index in [1.165, 1.54) is 23.0 Å². The van der Waals surface area contributed by atoms with E-state index in [0.29, 0.717) is 5.52 Å². The molecular weight excluding hydrogens is 335 g/mol. The third-order valence-electron chi connectivity index (χ3n) is 2.43. The van der Waals surface area contributed by atoms with Gasteiger partial charge in [-0.25, -0.2) is 4.52 Å². The Morgan fingerprint density at radius 2 is 1.74 bits per heavy atom. The van der Waals surface area contributed by atoms with Gasteiger partial charge in [0.2, 0.25) is 0 Å². The summed E-state index contributed by atoms with van der Waals surface area (Å²) in [7, 11) is -5.63. The number of hydrogen-bond donors (Lipinski definition) is 0. The van der Waals surface area contributed by atoms with Crippen LogP contribution in [0.15, 0.2) is 61.2 Å². The van der Waals surface area contributed by atoms with Crippen molar-refractivity contribution in [3.63, 3.8) is 0 Å². The normalized spacial score (nSPS) is 11.6. The molecule has 0 aromatic carbocycles. The van der Waals surface area contributed by atoms with Gasteiger partial charge in [0, 0.05) is 36.9 Å². The van der Waals surface area contributed by atoms with E-state index in [9.17, 15) is 21.6 Å². The second-order valence-electron chi connectivity index (χ2n) is 4.07. The molecule has 0 saturated carbocycles. The van der Waals surface area contributed by atoms with Crippen molar-refractivity contribution >= 4 is 15.6 Å². The number of pyridine rings is 2. The van der Waals surface area contributed by atoms with Gasteiger partial charge in [0.15, 0.2) is 0 Å². The standard InChI is InChI=1S/C8H5F3N2O3S.C5H5N/c9-8(10,11)17(14,15)16-7-2-4-13-6(5-7)1-3-12-13;1-2-4-6-5-3-1/h1-5H;1-5H. The Balaban J connectivity index is 0.000000268. The summed E-state index contributed by atoms with van der Waals surface area (Å²) < 4.78 is 62.9. The number of hydrogen-bond acceptors (Lipinski definition) is 5. The summed E-state index contributed by atoms with van der Waals surface area (Å²) in [5, 5.41) is 3.79. The fourth-order valence-corrected chi connectivity index (χ4v) is 1.89. The molecule has 0 aliphatic rings. The van der Waals surface area contributed by atoms with E-state index in [0.717, 1.165) is 12.1 Å². The molecular formula is C13H10F3N3O3S. The van der Waals surface area contributed by atoms with Crippen LogP contribution in [0.2, 0.25) is 0 Å². The smallest absolute Gasteiger partial charge is 0.376 e. The van der Waals surface area contributed by atoms with Crippen LogP contribution >= 0.6 is 0 Å². The maximum absolute atomic E-state index is 12.0. The Morgan fingerprint density at radius 1 is 1.04 bits per heavy atom. The molecule has 0 N–H and O–H groups in total. The van der Waals surface area contributed by atoms with E-state index >= 15 is 0 Å². The highest BCUT2D eigenvalue weighted by atomic mass is 32.2. The minimum Gasteiger partial charge on any atom is -0.376 e. The van der Waals surface area contributed by atoms with E-state index in [1.807, 2.05) is 18.2 Å². The van der Waals surface area contributed by atoms with Crippen molar-refractivity contribution in [3.8, 4) is 5.75 Å². The second kappa shape index (κ2) is 6.65. The first-order valence-corrected chi connectivity index (χ1v) is 7.49. The first-order valence-electron chi connectivity index (χ1n) is 6.09. The molecule has 0 saturated heterocycles. The minimum atomic E-state index is -5.63. The van der Waals surface area contributed by atoms with Gasteiger partial charge in [-0.2, -0.15) is 26.7 Å². The number of nitrogens with zero attached hydrogens (tertiary/aromatic N) is 3. The average Bonchev–Trinajstić information content (AvgIpc) is 2.95. The topological polar surface area (TPSA) is 73.6 Å². The summed E-state index contributed by atoms with van der Waals surface area (Å²) in [6.07, 6.45) is 6.20. The molecule has 0 bridgehead atoms. The van der Waals surface area contributed by atoms with Gasteiger partial charge in [0.1, 0.15) is 5.75 Å². The van der Waals surface area contributed by atoms with Gasteiger partial charge in [-0.3, -0.25) is 4.98 Å². The molecule has 6 nitrogen and oxygen atoms in total. The summed E-state index contributed by atoms with van der Waals surface area (Å²) in [5.74, 6) is -0.421. The fraction of sp³-hybridized carbons (Fsp3) is 0.0769. The Kier molecular flexibility index (Phi) is 4.84. The largest absolute Gasteiger partial charge is 0.534 e. The molecule has 0 amide bonds. The number of rotatable bonds is 2. The molecule has 0 fully saturated rings. The molecule has 3 rings (SSSR count). The van der Waals surface area contributed by atoms with Crippen molar-refractivity contribution in [1.82, 2.24) is 14.6 Å². The van der Waals surface area contributed by atoms with Crippen LogP contribution in [0.5, 0.6) is 5.75 Å². The van der Waals surface area contributed by atoms with Crippen molar-refractivity contribution in [2.75, 3.05) is 0 Å². The Bertz CT molecular complexity index is 837. The SMILES string of the molecule is O=S(=O)(Oc1ccn2nccc2c1)C(F)(F)F.c1ccncc1. The number of aromatic nitrogens is 3. The van der Waals surface area contributed by atoms with Crippen LogP contribution in [-0.4, -0.2) is 28.5 Å². The second-order valence-corrected chi connectivity index (χ2v) is 5.61. The van der Waals surface area contributed by atoms with Gasteiger partial charge in [0.05, 0.1) is 5.52 Å². The van der Waals surface area contributed by atoms with E-state index in [4.69, 9.17) is 0 Å². The molecule has 0 radical (unpaired) electrons. The van der Waals surface area contributed by atoms with Gasteiger partial charge in [-0.15, -0.1) is 0 Å². The third-order valence-corrected chi connectivity index (χ3v) is 3.41. The first-order chi connectivity index (χ1) is 10.8. The van der Waals surface area contributed by atoms with Gasteiger partial charge < -0.3 is 4.18 Å². The maximum atomic E-state index is 12.0. The van der Waals surface area contributed by atoms with Crippen LogP contribution in [0.4, 0.5) is 13.2 Å². The van der Waals surface area contributed by atoms with Gasteiger partial charge >= 0.3 is 15.6 Å². The van der Waals surface area contributed by atoms with Gasteiger partial charge in [-0.05, 0) is 18.2 Å². The fourth-order valence-electron chi connectivity index (χ4n) is 1.44. The van der Waals surface area contributed by atoms with Crippen molar-refractivity contribution < 1.29 is 25.8 Å². The predicted molar refractivity (Wildman–Crippen MR) is 75.0 cm³/mol. The van der Waals surface area contributed by atoms with Crippen molar-refractivity contribution in [2.24, 2.45) is 0 Å². The zero-order valence-corrected chi connectivity index (χ0v) is 12.2. The zero-order chi connectivity index (χ0) is 16.9. The molecule has 10 heteroatoms. The van der Waals surface area contributed by atoms with Gasteiger partial charge in [-0.1, -0.05) is 6.07 Å². The van der Waals surface area contributed by atoms with Crippen molar-refractivity contribution in [3.05, 3.63) is 61.2 Å². The number of alkyl halides is 3. The molecule has 23 heavy (non-hydrogen) atoms. The maximum Gasteiger partial charge on any atom is 0.534 e. The third kappa shape index (κ3) is 4.42. The van der Waals surface area contributed by atoms with Crippen LogP contribution in [0.25, 0.3) is 5.52 Å². The lowest BCUT2D eigenvalue weighted by Gasteiger charge is -2.09. The lowest BCUT2D eigenvalue weighted by atomic mass is 10.4. The molecule has 0 spiro atoms. The summed E-state index contributed by atoms with van der Waals surface area (Å²) in [5.41, 5.74) is -5.03. The summed E-state index contributed by atoms with van der Waals surface area (Å²) in [6, 6.07) is 9.42. The van der Waals surface area contributed by atoms with E-state index in [1.54, 1.807) is 12.4 Å². The summed E-state index contributed by atoms with van der Waals surface area (Å²) >= 11 is 0. The zero-order valence-electron chi connectivity index (χ0n) is 11.4. The Morgan fingerprint density at radius 3 is 2.26 bits per heavy atom. The molecule has 0 aliphatic carbocycles. The molecule has 3 aromatic heterocycles. The first kappa shape index (κ1) is 16.7. The van der Waals surface area contributed by atoms with E-state index in [-0.39, 0.29) is 0 Å². The lowest BCUT2D eigenvalue weighted by molar-refractivity contribution is -0.0500. The van der Waals surface area contributed by atoms with Crippen LogP contribution in [0.3, 0.4) is 0 Å². The Labute approximate surface area is 129 Å². The van der Waals surface area contributed by atoms with Gasteiger partial charge in [0.25, 0.3) is 0 Å². The molecule has 3 aromatic rings. The average molecular weight is 345 g/mol. The van der Waals surface area contributed by atoms with Crippen LogP contribution < -0.4 is 4.18 Å². The quantitative estimate of drug-likeness (QED) is 0.527. The molecule has 0 aliphatic heterocycles. The van der Waals surface area contributed by atoms with Crippen LogP contribution in [0, 0.1) is 0 Å². The summed E-state index contributed by atoms with van der Waals surface area (Å²) in [6.45, 7) is 0. The monoisotopic (exact) mass is 345 g/mol. The highest BCUT2D eigenvalue weighted by Crippen LogP contribution is 2.27. The Hall–Kier alpha value is -2.62. The minimum absolute atomic E-state index is 0.417. The van der Waals surface area contributed by atoms with Crippen molar-refractivity contribution in [1.29, 1.82) is 0 Å². The molecule has 0 unspecified atom stereocenters. The highest BCUT2D eigenvalue weighted by Gasteiger charge is 2.48. The predicted octanol–water partition coefficient (Wildman–Crippen LogP) is 2.64. The van der Waals surface area contributed by atoms with E-state index < -0.39 is 21.4 Å². The van der Waals surface area contributed by atoms with Crippen molar-refractivity contribution in [2.45, 2.75) is 5.51 Å². The molecule has 122 valence electrons. The highest BCUT2D eigenvalue weighted by molar-refractivity contribution is 7.88. The number of fused-ring (bicyclic) bond motifs is 1. The lowest BCUT2D eigenvalue weighted by Crippen LogP contribution is -2.28. The number of halogens is 3. The van der Waals surface area contributed by atoms with E-state index in [2.05, 4.69) is 14.3 Å². The van der Waals surface area contributed by atoms with Crippen LogP contribution in [0.1, 0.15) is 0 Å². The van der Waals surface area contributed by atoms with Crippen LogP contribution in [-0.2, 0) is 10.1 Å². The summed E-state index contributed by atoms with van der Waals surface area (Å²) in [4.78, 5) is 3.78.